The number of hydrogen-bond acceptors (Lipinski definition) is 5. The van der Waals surface area contributed by atoms with Crippen molar-refractivity contribution in [2.45, 2.75) is 17.9 Å². The van der Waals surface area contributed by atoms with Crippen molar-refractivity contribution in [2.75, 3.05) is 25.6 Å². The molecule has 7 nitrogen and oxygen atoms in total. The highest BCUT2D eigenvalue weighted by Crippen LogP contribution is 2.27. The van der Waals surface area contributed by atoms with Gasteiger partial charge in [0, 0.05) is 24.8 Å². The zero-order chi connectivity index (χ0) is 22.6. The molecule has 1 aliphatic rings. The number of anilines is 1. The van der Waals surface area contributed by atoms with E-state index in [1.54, 1.807) is 61.7 Å². The standard InChI is InChI=1S/C24H24N2O5S/c1-30-21-6-5-7-22(15-21)31-17-24(27)25-20-11-10-18-12-13-26(16-19(18)14-20)32(28,29)23-8-3-2-4-9-23/h2-11,14-15H,12-13,16-17H2,1H3,(H,25,27). The maximum Gasteiger partial charge on any atom is 0.262 e. The Morgan fingerprint density at radius 3 is 2.53 bits per heavy atom. The van der Waals surface area contributed by atoms with Gasteiger partial charge in [0.1, 0.15) is 11.5 Å². The predicted octanol–water partition coefficient (Wildman–Crippen LogP) is 3.46. The maximum absolute atomic E-state index is 13.0. The summed E-state index contributed by atoms with van der Waals surface area (Å²) in [7, 11) is -2.01. The molecule has 4 rings (SSSR count). The number of fused-ring (bicyclic) bond motifs is 1. The van der Waals surface area contributed by atoms with E-state index in [-0.39, 0.29) is 24.0 Å². The first-order valence-corrected chi connectivity index (χ1v) is 11.6. The molecule has 0 radical (unpaired) electrons. The minimum atomic E-state index is -3.57. The minimum absolute atomic E-state index is 0.154. The summed E-state index contributed by atoms with van der Waals surface area (Å²) in [5.41, 5.74) is 2.55. The van der Waals surface area contributed by atoms with Crippen molar-refractivity contribution in [3.63, 3.8) is 0 Å². The summed E-state index contributed by atoms with van der Waals surface area (Å²) in [4.78, 5) is 12.6. The molecule has 0 unspecified atom stereocenters. The average Bonchev–Trinajstić information content (AvgIpc) is 2.83. The first kappa shape index (κ1) is 21.9. The molecule has 0 fully saturated rings. The Bertz CT molecular complexity index is 1210. The summed E-state index contributed by atoms with van der Waals surface area (Å²) in [6, 6.07) is 21.0. The van der Waals surface area contributed by atoms with Crippen LogP contribution in [0.5, 0.6) is 11.5 Å². The van der Waals surface area contributed by atoms with Crippen molar-refractivity contribution >= 4 is 21.6 Å². The van der Waals surface area contributed by atoms with Crippen LogP contribution in [-0.2, 0) is 27.8 Å². The summed E-state index contributed by atoms with van der Waals surface area (Å²) in [6.45, 7) is 0.527. The maximum atomic E-state index is 13.0. The van der Waals surface area contributed by atoms with Gasteiger partial charge in [-0.05, 0) is 53.9 Å². The summed E-state index contributed by atoms with van der Waals surface area (Å²) < 4.78 is 38.1. The number of carbonyl (C=O) groups is 1. The van der Waals surface area contributed by atoms with Gasteiger partial charge in [-0.25, -0.2) is 8.42 Å². The Morgan fingerprint density at radius 1 is 0.969 bits per heavy atom. The molecule has 0 spiro atoms. The van der Waals surface area contributed by atoms with Gasteiger partial charge in [-0.2, -0.15) is 4.31 Å². The molecule has 3 aromatic rings. The van der Waals surface area contributed by atoms with Gasteiger partial charge < -0.3 is 14.8 Å². The number of rotatable bonds is 7. The lowest BCUT2D eigenvalue weighted by atomic mass is 10.0. The first-order chi connectivity index (χ1) is 15.5. The lowest BCUT2D eigenvalue weighted by Gasteiger charge is -2.28. The van der Waals surface area contributed by atoms with Crippen molar-refractivity contribution in [2.24, 2.45) is 0 Å². The van der Waals surface area contributed by atoms with E-state index >= 15 is 0 Å². The van der Waals surface area contributed by atoms with Crippen LogP contribution in [0.15, 0.2) is 77.7 Å². The minimum Gasteiger partial charge on any atom is -0.497 e. The summed E-state index contributed by atoms with van der Waals surface area (Å²) in [6.07, 6.45) is 0.620. The molecular formula is C24H24N2O5S. The van der Waals surface area contributed by atoms with Gasteiger partial charge in [0.2, 0.25) is 10.0 Å². The van der Waals surface area contributed by atoms with Crippen LogP contribution in [-0.4, -0.2) is 38.9 Å². The molecule has 0 atom stereocenters. The van der Waals surface area contributed by atoms with Gasteiger partial charge in [0.05, 0.1) is 12.0 Å². The van der Waals surface area contributed by atoms with Crippen LogP contribution in [0.1, 0.15) is 11.1 Å². The molecule has 0 aliphatic carbocycles. The molecule has 8 heteroatoms. The van der Waals surface area contributed by atoms with E-state index in [2.05, 4.69) is 5.32 Å². The van der Waals surface area contributed by atoms with E-state index in [9.17, 15) is 13.2 Å². The normalized spacial score (nSPS) is 13.8. The number of nitrogens with one attached hydrogen (secondary N) is 1. The second-order valence-electron chi connectivity index (χ2n) is 7.40. The highest BCUT2D eigenvalue weighted by molar-refractivity contribution is 7.89. The molecule has 0 aromatic heterocycles. The fourth-order valence-electron chi connectivity index (χ4n) is 3.59. The Kier molecular flexibility index (Phi) is 6.43. The van der Waals surface area contributed by atoms with Crippen LogP contribution in [0.3, 0.4) is 0 Å². The third-order valence-corrected chi connectivity index (χ3v) is 7.12. The Balaban J connectivity index is 1.41. The number of sulfonamides is 1. The molecule has 166 valence electrons. The number of nitrogens with zero attached hydrogens (tertiary/aromatic N) is 1. The van der Waals surface area contributed by atoms with Gasteiger partial charge >= 0.3 is 0 Å². The molecule has 32 heavy (non-hydrogen) atoms. The fourth-order valence-corrected chi connectivity index (χ4v) is 5.03. The van der Waals surface area contributed by atoms with E-state index in [0.717, 1.165) is 11.1 Å². The Morgan fingerprint density at radius 2 is 1.75 bits per heavy atom. The van der Waals surface area contributed by atoms with Gasteiger partial charge in [0.25, 0.3) is 5.91 Å². The number of carbonyl (C=O) groups excluding carboxylic acids is 1. The number of ether oxygens (including phenoxy) is 2. The van der Waals surface area contributed by atoms with Gasteiger partial charge in [-0.15, -0.1) is 0 Å². The van der Waals surface area contributed by atoms with Crippen LogP contribution in [0.2, 0.25) is 0 Å². The Hall–Kier alpha value is -3.36. The second-order valence-corrected chi connectivity index (χ2v) is 9.34. The van der Waals surface area contributed by atoms with Gasteiger partial charge in [0.15, 0.2) is 6.61 Å². The lowest BCUT2D eigenvalue weighted by molar-refractivity contribution is -0.118. The second kappa shape index (κ2) is 9.42. The van der Waals surface area contributed by atoms with E-state index in [1.807, 2.05) is 18.2 Å². The third kappa shape index (κ3) is 4.92. The molecule has 0 saturated carbocycles. The SMILES string of the molecule is COc1cccc(OCC(=O)Nc2ccc3c(c2)CN(S(=O)(=O)c2ccccc2)CC3)c1. The monoisotopic (exact) mass is 452 g/mol. The van der Waals surface area contributed by atoms with Crippen molar-refractivity contribution in [3.8, 4) is 11.5 Å². The number of methoxy groups -OCH3 is 1. The molecule has 1 aliphatic heterocycles. The molecule has 3 aromatic carbocycles. The largest absolute Gasteiger partial charge is 0.497 e. The highest BCUT2D eigenvalue weighted by Gasteiger charge is 2.28. The molecule has 1 amide bonds. The van der Waals surface area contributed by atoms with Crippen molar-refractivity contribution in [3.05, 3.63) is 83.9 Å². The van der Waals surface area contributed by atoms with E-state index in [0.29, 0.717) is 30.2 Å². The zero-order valence-electron chi connectivity index (χ0n) is 17.7. The van der Waals surface area contributed by atoms with E-state index < -0.39 is 10.0 Å². The van der Waals surface area contributed by atoms with Crippen LogP contribution in [0, 0.1) is 0 Å². The zero-order valence-corrected chi connectivity index (χ0v) is 18.5. The van der Waals surface area contributed by atoms with E-state index in [1.165, 1.54) is 4.31 Å². The molecule has 0 saturated heterocycles. The van der Waals surface area contributed by atoms with Crippen LogP contribution < -0.4 is 14.8 Å². The van der Waals surface area contributed by atoms with Crippen molar-refractivity contribution in [1.29, 1.82) is 0 Å². The average molecular weight is 453 g/mol. The van der Waals surface area contributed by atoms with Crippen molar-refractivity contribution < 1.29 is 22.7 Å². The number of benzene rings is 3. The summed E-state index contributed by atoms with van der Waals surface area (Å²) >= 11 is 0. The van der Waals surface area contributed by atoms with Crippen LogP contribution in [0.25, 0.3) is 0 Å². The lowest BCUT2D eigenvalue weighted by Crippen LogP contribution is -2.36. The molecule has 0 bridgehead atoms. The molecule has 1 heterocycles. The number of hydrogen-bond donors (Lipinski definition) is 1. The fraction of sp³-hybridized carbons (Fsp3) is 0.208. The van der Waals surface area contributed by atoms with Crippen molar-refractivity contribution in [1.82, 2.24) is 4.31 Å². The van der Waals surface area contributed by atoms with Crippen LogP contribution >= 0.6 is 0 Å². The summed E-state index contributed by atoms with van der Waals surface area (Å²) in [5, 5.41) is 2.81. The predicted molar refractivity (Wildman–Crippen MR) is 121 cm³/mol. The van der Waals surface area contributed by atoms with E-state index in [4.69, 9.17) is 9.47 Å². The molecule has 1 N–H and O–H groups in total. The number of amides is 1. The van der Waals surface area contributed by atoms with Crippen LogP contribution in [0.4, 0.5) is 5.69 Å². The third-order valence-electron chi connectivity index (χ3n) is 5.26. The quantitative estimate of drug-likeness (QED) is 0.594. The smallest absolute Gasteiger partial charge is 0.262 e. The Labute approximate surface area is 187 Å². The topological polar surface area (TPSA) is 84.9 Å². The van der Waals surface area contributed by atoms with Gasteiger partial charge in [-0.1, -0.05) is 30.3 Å². The summed E-state index contributed by atoms with van der Waals surface area (Å²) in [5.74, 6) is 0.872. The molecular weight excluding hydrogens is 428 g/mol. The highest BCUT2D eigenvalue weighted by atomic mass is 32.2. The van der Waals surface area contributed by atoms with Gasteiger partial charge in [-0.3, -0.25) is 4.79 Å². The first-order valence-electron chi connectivity index (χ1n) is 10.2.